The van der Waals surface area contributed by atoms with E-state index in [1.165, 1.54) is 18.2 Å². The van der Waals surface area contributed by atoms with Gasteiger partial charge in [-0.15, -0.1) is 0 Å². The lowest BCUT2D eigenvalue weighted by Crippen LogP contribution is -2.48. The molecule has 1 N–H and O–H groups in total. The molecule has 0 aliphatic carbocycles. The number of hydrogen-bond donors (Lipinski definition) is 1. The predicted molar refractivity (Wildman–Crippen MR) is 120 cm³/mol. The lowest BCUT2D eigenvalue weighted by Gasteiger charge is -2.36. The molecule has 10 heteroatoms. The van der Waals surface area contributed by atoms with E-state index in [9.17, 15) is 18.0 Å². The van der Waals surface area contributed by atoms with Gasteiger partial charge in [-0.05, 0) is 17.7 Å². The molecule has 2 aliphatic heterocycles. The van der Waals surface area contributed by atoms with Gasteiger partial charge in [0, 0.05) is 49.5 Å². The number of carbonyl (C=O) groups is 2. The molecule has 0 saturated carbocycles. The highest BCUT2D eigenvalue weighted by atomic mass is 35.5. The van der Waals surface area contributed by atoms with Crippen molar-refractivity contribution in [3.05, 3.63) is 70.7 Å². The Morgan fingerprint density at radius 1 is 1.09 bits per heavy atom. The Labute approximate surface area is 191 Å². The average molecular weight is 476 g/mol. The maximum Gasteiger partial charge on any atom is 0.291 e. The molecule has 1 amide bonds. The number of benzene rings is 2. The van der Waals surface area contributed by atoms with Gasteiger partial charge in [0.05, 0.1) is 0 Å². The Bertz CT molecular complexity index is 1160. The van der Waals surface area contributed by atoms with E-state index < -0.39 is 20.7 Å². The van der Waals surface area contributed by atoms with Crippen LogP contribution in [-0.4, -0.2) is 48.1 Å². The summed E-state index contributed by atoms with van der Waals surface area (Å²) < 4.78 is 26.7. The maximum absolute atomic E-state index is 12.8. The number of halogens is 1. The van der Waals surface area contributed by atoms with Crippen LogP contribution in [-0.2, 0) is 26.2 Å². The number of piperidine rings is 1. The number of hydrogen-bond acceptors (Lipinski definition) is 6. The first-order valence-corrected chi connectivity index (χ1v) is 12.0. The summed E-state index contributed by atoms with van der Waals surface area (Å²) in [7, 11) is -4.18. The highest BCUT2D eigenvalue weighted by Crippen LogP contribution is 2.36. The minimum Gasteiger partial charge on any atom is -0.388 e. The second-order valence-electron chi connectivity index (χ2n) is 7.86. The molecule has 32 heavy (non-hydrogen) atoms. The van der Waals surface area contributed by atoms with Gasteiger partial charge < -0.3 is 10.2 Å². The zero-order valence-corrected chi connectivity index (χ0v) is 18.7. The van der Waals surface area contributed by atoms with Crippen molar-refractivity contribution in [1.29, 1.82) is 0 Å². The number of rotatable bonds is 5. The first kappa shape index (κ1) is 22.4. The van der Waals surface area contributed by atoms with Crippen LogP contribution in [0.2, 0.25) is 5.02 Å². The van der Waals surface area contributed by atoms with Gasteiger partial charge in [0.1, 0.15) is 11.3 Å². The second kappa shape index (κ2) is 9.01. The Hall–Kier alpha value is -2.75. The number of amides is 1. The number of carbonyl (C=O) groups excluding carboxylic acids is 2. The van der Waals surface area contributed by atoms with Gasteiger partial charge in [-0.3, -0.25) is 9.59 Å². The Morgan fingerprint density at radius 3 is 2.50 bits per heavy atom. The van der Waals surface area contributed by atoms with Crippen LogP contribution in [0.3, 0.4) is 0 Å². The van der Waals surface area contributed by atoms with E-state index in [1.807, 2.05) is 30.3 Å². The van der Waals surface area contributed by atoms with Gasteiger partial charge in [0.15, 0.2) is 0 Å². The molecule has 2 aromatic carbocycles. The highest BCUT2D eigenvalue weighted by molar-refractivity contribution is 8.04. The highest BCUT2D eigenvalue weighted by Gasteiger charge is 2.46. The van der Waals surface area contributed by atoms with E-state index in [0.29, 0.717) is 30.8 Å². The van der Waals surface area contributed by atoms with Crippen molar-refractivity contribution in [3.8, 4) is 0 Å². The summed E-state index contributed by atoms with van der Waals surface area (Å²) in [6, 6.07) is 15.4. The molecule has 2 aromatic rings. The summed E-state index contributed by atoms with van der Waals surface area (Å²) in [5, 5.41) is 6.09. The van der Waals surface area contributed by atoms with Gasteiger partial charge in [-0.1, -0.05) is 59.2 Å². The SMILES string of the molecule is O=C(NCc1ccccc1)C1=NOC2(CCN(S(=O)(=O)C(=O)c3cccc(Cl)c3)CC2)C1. The van der Waals surface area contributed by atoms with Crippen molar-refractivity contribution < 1.29 is 22.8 Å². The summed E-state index contributed by atoms with van der Waals surface area (Å²) in [4.78, 5) is 30.6. The molecule has 1 spiro atoms. The van der Waals surface area contributed by atoms with Crippen molar-refractivity contribution in [2.75, 3.05) is 13.1 Å². The molecule has 2 aliphatic rings. The third kappa shape index (κ3) is 4.69. The molecule has 8 nitrogen and oxygen atoms in total. The summed E-state index contributed by atoms with van der Waals surface area (Å²) >= 11 is 5.88. The van der Waals surface area contributed by atoms with Gasteiger partial charge in [-0.2, -0.15) is 4.31 Å². The molecule has 1 saturated heterocycles. The minimum atomic E-state index is -4.18. The molecule has 1 fully saturated rings. The third-order valence-electron chi connectivity index (χ3n) is 5.67. The minimum absolute atomic E-state index is 0.0237. The average Bonchev–Trinajstić information content (AvgIpc) is 3.21. The molecular formula is C22H22ClN3O5S. The van der Waals surface area contributed by atoms with E-state index in [4.69, 9.17) is 16.4 Å². The largest absolute Gasteiger partial charge is 0.388 e. The predicted octanol–water partition coefficient (Wildman–Crippen LogP) is 2.74. The Morgan fingerprint density at radius 2 is 1.81 bits per heavy atom. The first-order valence-electron chi connectivity index (χ1n) is 10.2. The molecule has 0 unspecified atom stereocenters. The molecule has 0 aromatic heterocycles. The van der Waals surface area contributed by atoms with Crippen LogP contribution in [0, 0.1) is 0 Å². The normalized spacial score (nSPS) is 18.1. The van der Waals surface area contributed by atoms with Crippen molar-refractivity contribution >= 4 is 38.4 Å². The van der Waals surface area contributed by atoms with E-state index in [2.05, 4.69) is 10.5 Å². The molecule has 0 bridgehead atoms. The monoisotopic (exact) mass is 475 g/mol. The smallest absolute Gasteiger partial charge is 0.291 e. The van der Waals surface area contributed by atoms with Crippen molar-refractivity contribution in [2.45, 2.75) is 31.4 Å². The number of nitrogens with one attached hydrogen (secondary N) is 1. The standard InChI is InChI=1S/C22H22ClN3O5S/c23-18-8-4-7-17(13-18)21(28)32(29,30)26-11-9-22(10-12-26)14-19(25-31-22)20(27)24-15-16-5-2-1-3-6-16/h1-8,13H,9-12,14-15H2,(H,24,27). The third-order valence-corrected chi connectivity index (χ3v) is 7.65. The molecule has 168 valence electrons. The zero-order valence-electron chi connectivity index (χ0n) is 17.2. The van der Waals surface area contributed by atoms with Crippen LogP contribution < -0.4 is 5.32 Å². The zero-order chi connectivity index (χ0) is 22.8. The quantitative estimate of drug-likeness (QED) is 0.715. The fraction of sp³-hybridized carbons (Fsp3) is 0.318. The van der Waals surface area contributed by atoms with Crippen molar-refractivity contribution in [1.82, 2.24) is 9.62 Å². The summed E-state index contributed by atoms with van der Waals surface area (Å²) in [6.45, 7) is 0.579. The molecule has 0 atom stereocenters. The number of oxime groups is 1. The van der Waals surface area contributed by atoms with Gasteiger partial charge in [0.2, 0.25) is 0 Å². The van der Waals surface area contributed by atoms with E-state index in [-0.39, 0.29) is 30.3 Å². The molecule has 2 heterocycles. The van der Waals surface area contributed by atoms with Crippen LogP contribution in [0.25, 0.3) is 0 Å². The van der Waals surface area contributed by atoms with Crippen molar-refractivity contribution in [3.63, 3.8) is 0 Å². The van der Waals surface area contributed by atoms with Crippen LogP contribution in [0.5, 0.6) is 0 Å². The number of sulfonamides is 1. The van der Waals surface area contributed by atoms with Crippen molar-refractivity contribution in [2.24, 2.45) is 5.16 Å². The summed E-state index contributed by atoms with van der Waals surface area (Å²) in [5.74, 6) is -0.308. The lowest BCUT2D eigenvalue weighted by atomic mass is 9.87. The van der Waals surface area contributed by atoms with Crippen LogP contribution in [0.4, 0.5) is 0 Å². The summed E-state index contributed by atoms with van der Waals surface area (Å²) in [6.07, 6.45) is 0.950. The van der Waals surface area contributed by atoms with Gasteiger partial charge >= 0.3 is 0 Å². The van der Waals surface area contributed by atoms with E-state index in [0.717, 1.165) is 9.87 Å². The second-order valence-corrected chi connectivity index (χ2v) is 10.1. The van der Waals surface area contributed by atoms with Gasteiger partial charge in [0.25, 0.3) is 21.0 Å². The topological polar surface area (TPSA) is 105 Å². The van der Waals surface area contributed by atoms with Crippen LogP contribution in [0.15, 0.2) is 59.8 Å². The molecular weight excluding hydrogens is 454 g/mol. The molecule has 0 radical (unpaired) electrons. The maximum atomic E-state index is 12.8. The van der Waals surface area contributed by atoms with Crippen LogP contribution >= 0.6 is 11.6 Å². The lowest BCUT2D eigenvalue weighted by molar-refractivity contribution is -0.115. The van der Waals surface area contributed by atoms with E-state index in [1.54, 1.807) is 6.07 Å². The van der Waals surface area contributed by atoms with Crippen LogP contribution in [0.1, 0.15) is 35.2 Å². The first-order chi connectivity index (χ1) is 15.3. The summed E-state index contributed by atoms with van der Waals surface area (Å²) in [5.41, 5.74) is 0.547. The Kier molecular flexibility index (Phi) is 6.32. The molecule has 4 rings (SSSR count). The fourth-order valence-electron chi connectivity index (χ4n) is 3.81. The number of nitrogens with zero attached hydrogens (tertiary/aromatic N) is 2. The fourth-order valence-corrected chi connectivity index (χ4v) is 5.32. The Balaban J connectivity index is 1.33. The van der Waals surface area contributed by atoms with Gasteiger partial charge in [-0.25, -0.2) is 8.42 Å². The van der Waals surface area contributed by atoms with E-state index >= 15 is 0 Å².